The van der Waals surface area contributed by atoms with Gasteiger partial charge < -0.3 is 14.6 Å². The van der Waals surface area contributed by atoms with Gasteiger partial charge in [-0.05, 0) is 24.2 Å². The summed E-state index contributed by atoms with van der Waals surface area (Å²) in [5.41, 5.74) is 2.44. The molecule has 0 aliphatic carbocycles. The number of nitrogens with zero attached hydrogens (tertiary/aromatic N) is 5. The van der Waals surface area contributed by atoms with E-state index in [9.17, 15) is 9.90 Å². The van der Waals surface area contributed by atoms with Gasteiger partial charge in [-0.15, -0.1) is 4.52 Å². The van der Waals surface area contributed by atoms with Crippen LogP contribution in [0.4, 0.5) is 5.82 Å². The second-order valence-corrected chi connectivity index (χ2v) is 6.57. The number of fused-ring (bicyclic) bond motifs is 2. The van der Waals surface area contributed by atoms with E-state index in [0.717, 1.165) is 11.6 Å². The highest BCUT2D eigenvalue weighted by Crippen LogP contribution is 2.34. The molecule has 1 aromatic carbocycles. The van der Waals surface area contributed by atoms with Crippen molar-refractivity contribution in [3.8, 4) is 0 Å². The number of ether oxygens (including phenoxy) is 2. The van der Waals surface area contributed by atoms with Crippen LogP contribution < -0.4 is 14.6 Å². The number of hydrogen-bond donors (Lipinski definition) is 0. The predicted octanol–water partition coefficient (Wildman–Crippen LogP) is 0.844. The molecule has 0 atom stereocenters. The quantitative estimate of drug-likeness (QED) is 0.268. The van der Waals surface area contributed by atoms with Gasteiger partial charge in [-0.25, -0.2) is 9.80 Å². The molecule has 0 bridgehead atoms. The van der Waals surface area contributed by atoms with Crippen molar-refractivity contribution in [2.45, 2.75) is 0 Å². The number of benzene rings is 1. The number of carbonyl (C=O) groups excluding carboxylic acids is 1. The number of aromatic nitrogens is 3. The van der Waals surface area contributed by atoms with E-state index in [4.69, 9.17) is 9.47 Å². The first-order chi connectivity index (χ1) is 15.0. The third-order valence-corrected chi connectivity index (χ3v) is 4.67. The summed E-state index contributed by atoms with van der Waals surface area (Å²) in [5.74, 6) is -0.998. The molecule has 4 rings (SSSR count). The summed E-state index contributed by atoms with van der Waals surface area (Å²) in [6, 6.07) is 14.8. The first kappa shape index (κ1) is 20.0. The molecule has 0 fully saturated rings. The lowest BCUT2D eigenvalue weighted by molar-refractivity contribution is -0.583. The van der Waals surface area contributed by atoms with Crippen LogP contribution >= 0.6 is 0 Å². The average Bonchev–Trinajstić information content (AvgIpc) is 2.81. The first-order valence-corrected chi connectivity index (χ1v) is 9.36. The van der Waals surface area contributed by atoms with Gasteiger partial charge in [-0.3, -0.25) is 0 Å². The third kappa shape index (κ3) is 3.68. The van der Waals surface area contributed by atoms with E-state index in [2.05, 4.69) is 15.2 Å². The largest absolute Gasteiger partial charge is 0.617 e. The average molecular weight is 417 g/mol. The Bertz CT molecular complexity index is 1250. The molecule has 2 aromatic heterocycles. The van der Waals surface area contributed by atoms with Crippen LogP contribution in [0.25, 0.3) is 11.2 Å². The summed E-state index contributed by atoms with van der Waals surface area (Å²) in [6.45, 7) is 0. The van der Waals surface area contributed by atoms with Crippen molar-refractivity contribution in [2.24, 2.45) is 5.10 Å². The maximum absolute atomic E-state index is 12.8. The van der Waals surface area contributed by atoms with Crippen molar-refractivity contribution in [3.63, 3.8) is 0 Å². The minimum atomic E-state index is -0.723. The highest BCUT2D eigenvalue weighted by atomic mass is 16.6. The number of hydrogen-bond acceptors (Lipinski definition) is 8. The third-order valence-electron chi connectivity index (χ3n) is 4.67. The molecule has 0 unspecified atom stereocenters. The lowest BCUT2D eigenvalue weighted by Crippen LogP contribution is -2.34. The molecule has 156 valence electrons. The Balaban J connectivity index is 2.11. The van der Waals surface area contributed by atoms with Gasteiger partial charge >= 0.3 is 11.6 Å². The summed E-state index contributed by atoms with van der Waals surface area (Å²) in [6.07, 6.45) is 2.83. The highest BCUT2D eigenvalue weighted by molar-refractivity contribution is 6.37. The van der Waals surface area contributed by atoms with E-state index in [1.807, 2.05) is 48.5 Å². The minimum absolute atomic E-state index is 0.0310. The maximum atomic E-state index is 12.8. The van der Waals surface area contributed by atoms with Crippen LogP contribution in [0.2, 0.25) is 0 Å². The fourth-order valence-electron chi connectivity index (χ4n) is 3.23. The molecule has 3 aromatic rings. The Morgan fingerprint density at radius 1 is 1.10 bits per heavy atom. The molecule has 0 radical (unpaired) electrons. The van der Waals surface area contributed by atoms with Gasteiger partial charge in [0.1, 0.15) is 11.9 Å². The summed E-state index contributed by atoms with van der Waals surface area (Å²) in [4.78, 5) is 17.4. The highest BCUT2D eigenvalue weighted by Gasteiger charge is 2.35. The Labute approximate surface area is 178 Å². The lowest BCUT2D eigenvalue weighted by atomic mass is 9.93. The molecule has 0 saturated carbocycles. The van der Waals surface area contributed by atoms with Crippen LogP contribution in [-0.2, 0) is 14.3 Å². The van der Waals surface area contributed by atoms with E-state index in [-0.39, 0.29) is 5.57 Å². The van der Waals surface area contributed by atoms with Crippen molar-refractivity contribution in [1.82, 2.24) is 10.1 Å². The molecule has 0 amide bonds. The topological polar surface area (TPSA) is 104 Å². The molecule has 9 heteroatoms. The smallest absolute Gasteiger partial charge is 0.350 e. The van der Waals surface area contributed by atoms with Gasteiger partial charge in [0.2, 0.25) is 0 Å². The van der Waals surface area contributed by atoms with E-state index < -0.39 is 11.9 Å². The first-order valence-electron chi connectivity index (χ1n) is 9.36. The van der Waals surface area contributed by atoms with Crippen LogP contribution in [0.3, 0.4) is 0 Å². The number of methoxy groups -OCH3 is 2. The monoisotopic (exact) mass is 417 g/mol. The Hall–Kier alpha value is -4.27. The van der Waals surface area contributed by atoms with Gasteiger partial charge in [0.15, 0.2) is 5.69 Å². The van der Waals surface area contributed by atoms with Gasteiger partial charge in [0.25, 0.3) is 5.82 Å². The second kappa shape index (κ2) is 8.23. The molecule has 9 nitrogen and oxygen atoms in total. The zero-order valence-electron chi connectivity index (χ0n) is 17.1. The van der Waals surface area contributed by atoms with Gasteiger partial charge in [-0.1, -0.05) is 41.5 Å². The van der Waals surface area contributed by atoms with Crippen molar-refractivity contribution in [3.05, 3.63) is 83.6 Å². The number of rotatable bonds is 4. The van der Waals surface area contributed by atoms with Gasteiger partial charge in [-0.2, -0.15) is 5.10 Å². The Morgan fingerprint density at radius 2 is 1.84 bits per heavy atom. The van der Waals surface area contributed by atoms with E-state index in [1.165, 1.54) is 14.2 Å². The zero-order valence-corrected chi connectivity index (χ0v) is 17.1. The molecule has 3 heterocycles. The molecule has 1 aliphatic rings. The summed E-state index contributed by atoms with van der Waals surface area (Å²) >= 11 is 0. The number of esters is 1. The normalized spacial score (nSPS) is 15.3. The summed E-state index contributed by atoms with van der Waals surface area (Å²) in [5, 5.41) is 23.0. The number of anilines is 1. The van der Waals surface area contributed by atoms with Gasteiger partial charge in [0.05, 0.1) is 24.2 Å². The molecule has 1 aliphatic heterocycles. The molecule has 0 saturated heterocycles. The standard InChI is InChI=1S/C22H19N5O4/c1-26-21-20(25-27-12-8-7-11-16(27)23-21)18(15(22(29)31-3)13-17(28)30-2)19(24-26)14-9-5-4-6-10-14/h4-13H,1-3H3. The maximum Gasteiger partial charge on any atom is 0.350 e. The van der Waals surface area contributed by atoms with E-state index in [0.29, 0.717) is 28.4 Å². The molecule has 31 heavy (non-hydrogen) atoms. The Morgan fingerprint density at radius 3 is 2.55 bits per heavy atom. The van der Waals surface area contributed by atoms with Crippen molar-refractivity contribution < 1.29 is 23.9 Å². The number of pyridine rings is 1. The number of hydrazone groups is 1. The van der Waals surface area contributed by atoms with Crippen LogP contribution in [0.5, 0.6) is 0 Å². The summed E-state index contributed by atoms with van der Waals surface area (Å²) in [7, 11) is 4.22. The SMILES string of the molecule is COC(=O)C(/C=C(/[O-])OC)=C1/C(c2ccccc2)=NN(C)c2nc3cccc[n+]3nc21. The number of carbonyl (C=O) groups is 1. The van der Waals surface area contributed by atoms with E-state index >= 15 is 0 Å². The van der Waals surface area contributed by atoms with Crippen molar-refractivity contribution in [2.75, 3.05) is 26.3 Å². The van der Waals surface area contributed by atoms with Crippen LogP contribution in [0.1, 0.15) is 11.3 Å². The summed E-state index contributed by atoms with van der Waals surface area (Å²) < 4.78 is 11.3. The zero-order chi connectivity index (χ0) is 22.0. The molecule has 0 N–H and O–H groups in total. The Kier molecular flexibility index (Phi) is 5.31. The fourth-order valence-corrected chi connectivity index (χ4v) is 3.23. The minimum Gasteiger partial charge on any atom is -0.617 e. The van der Waals surface area contributed by atoms with Crippen LogP contribution in [0, 0.1) is 0 Å². The predicted molar refractivity (Wildman–Crippen MR) is 111 cm³/mol. The van der Waals surface area contributed by atoms with Gasteiger partial charge in [0, 0.05) is 18.7 Å². The van der Waals surface area contributed by atoms with Crippen LogP contribution in [0.15, 0.2) is 77.4 Å². The molecular weight excluding hydrogens is 398 g/mol. The van der Waals surface area contributed by atoms with Crippen molar-refractivity contribution in [1.29, 1.82) is 0 Å². The molecule has 0 spiro atoms. The van der Waals surface area contributed by atoms with Crippen LogP contribution in [-0.4, -0.2) is 43.0 Å². The second-order valence-electron chi connectivity index (χ2n) is 6.57. The van der Waals surface area contributed by atoms with Crippen molar-refractivity contribution >= 4 is 28.7 Å². The molecular formula is C22H19N5O4. The van der Waals surface area contributed by atoms with E-state index in [1.54, 1.807) is 22.8 Å². The number of allylic oxidation sites excluding steroid dienone is 1. The fraction of sp³-hybridized carbons (Fsp3) is 0.136. The lowest BCUT2D eigenvalue weighted by Gasteiger charge is -2.23.